The molecule has 0 fully saturated rings. The molecular formula is C12H13BrClN3. The first kappa shape index (κ1) is 12.6. The van der Waals surface area contributed by atoms with Crippen molar-refractivity contribution in [2.45, 2.75) is 12.5 Å². The number of halogens is 2. The summed E-state index contributed by atoms with van der Waals surface area (Å²) in [6.07, 6.45) is 2.34. The molecule has 1 aromatic carbocycles. The second kappa shape index (κ2) is 5.21. The molecule has 0 aliphatic carbocycles. The van der Waals surface area contributed by atoms with Crippen LogP contribution in [0.25, 0.3) is 0 Å². The van der Waals surface area contributed by atoms with Gasteiger partial charge in [0.1, 0.15) is 0 Å². The number of rotatable bonds is 3. The Balaban J connectivity index is 2.23. The van der Waals surface area contributed by atoms with E-state index < -0.39 is 0 Å². The number of nitrogens with two attached hydrogens (primary N) is 1. The van der Waals surface area contributed by atoms with Gasteiger partial charge in [-0.3, -0.25) is 4.68 Å². The van der Waals surface area contributed by atoms with E-state index in [2.05, 4.69) is 21.0 Å². The topological polar surface area (TPSA) is 43.8 Å². The Hall–Kier alpha value is -0.840. The fourth-order valence-corrected chi connectivity index (χ4v) is 2.59. The summed E-state index contributed by atoms with van der Waals surface area (Å²) in [4.78, 5) is 0. The van der Waals surface area contributed by atoms with Crippen molar-refractivity contribution in [1.29, 1.82) is 0 Å². The van der Waals surface area contributed by atoms with Gasteiger partial charge in [0.05, 0.1) is 23.0 Å². The highest BCUT2D eigenvalue weighted by Crippen LogP contribution is 2.26. The summed E-state index contributed by atoms with van der Waals surface area (Å²) in [6, 6.07) is 7.88. The second-order valence-corrected chi connectivity index (χ2v) is 5.16. The number of aryl methyl sites for hydroxylation is 1. The fourth-order valence-electron chi connectivity index (χ4n) is 1.83. The Bertz CT molecular complexity index is 505. The molecule has 0 spiro atoms. The van der Waals surface area contributed by atoms with Crippen molar-refractivity contribution < 1.29 is 0 Å². The SMILES string of the molecule is Cn1ncc(Cl)c1C(N)Cc1ccccc1Br. The maximum Gasteiger partial charge on any atom is 0.0834 e. The quantitative estimate of drug-likeness (QED) is 0.946. The number of hydrogen-bond acceptors (Lipinski definition) is 2. The van der Waals surface area contributed by atoms with Crippen molar-refractivity contribution in [3.05, 3.63) is 51.2 Å². The van der Waals surface area contributed by atoms with Gasteiger partial charge < -0.3 is 5.73 Å². The summed E-state index contributed by atoms with van der Waals surface area (Å²) in [5, 5.41) is 4.71. The van der Waals surface area contributed by atoms with E-state index >= 15 is 0 Å². The van der Waals surface area contributed by atoms with Gasteiger partial charge in [-0.2, -0.15) is 5.10 Å². The van der Waals surface area contributed by atoms with E-state index in [0.717, 1.165) is 22.2 Å². The average molecular weight is 315 g/mol. The predicted molar refractivity (Wildman–Crippen MR) is 73.0 cm³/mol. The molecule has 0 saturated heterocycles. The van der Waals surface area contributed by atoms with Gasteiger partial charge in [0.2, 0.25) is 0 Å². The van der Waals surface area contributed by atoms with E-state index in [0.29, 0.717) is 5.02 Å². The van der Waals surface area contributed by atoms with Gasteiger partial charge >= 0.3 is 0 Å². The van der Waals surface area contributed by atoms with E-state index in [-0.39, 0.29) is 6.04 Å². The molecule has 3 nitrogen and oxygen atoms in total. The Kier molecular flexibility index (Phi) is 3.86. The molecule has 2 aromatic rings. The van der Waals surface area contributed by atoms with Crippen molar-refractivity contribution in [2.75, 3.05) is 0 Å². The van der Waals surface area contributed by atoms with Crippen LogP contribution in [0.1, 0.15) is 17.3 Å². The monoisotopic (exact) mass is 313 g/mol. The largest absolute Gasteiger partial charge is 0.322 e. The zero-order chi connectivity index (χ0) is 12.4. The minimum atomic E-state index is -0.159. The molecule has 0 aliphatic heterocycles. The minimum Gasteiger partial charge on any atom is -0.322 e. The van der Waals surface area contributed by atoms with Gasteiger partial charge in [-0.1, -0.05) is 45.7 Å². The van der Waals surface area contributed by atoms with Crippen LogP contribution in [0.4, 0.5) is 0 Å². The van der Waals surface area contributed by atoms with Crippen LogP contribution >= 0.6 is 27.5 Å². The molecule has 0 bridgehead atoms. The van der Waals surface area contributed by atoms with E-state index in [1.54, 1.807) is 10.9 Å². The zero-order valence-electron chi connectivity index (χ0n) is 9.40. The molecule has 1 heterocycles. The summed E-state index contributed by atoms with van der Waals surface area (Å²) in [5.74, 6) is 0. The number of hydrogen-bond donors (Lipinski definition) is 1. The molecule has 2 rings (SSSR count). The highest BCUT2D eigenvalue weighted by Gasteiger charge is 2.16. The summed E-state index contributed by atoms with van der Waals surface area (Å²) >= 11 is 9.59. The highest BCUT2D eigenvalue weighted by molar-refractivity contribution is 9.10. The first-order chi connectivity index (χ1) is 8.09. The Morgan fingerprint density at radius 3 is 2.76 bits per heavy atom. The fraction of sp³-hybridized carbons (Fsp3) is 0.250. The maximum atomic E-state index is 6.18. The first-order valence-electron chi connectivity index (χ1n) is 5.26. The minimum absolute atomic E-state index is 0.159. The van der Waals surface area contributed by atoms with Crippen molar-refractivity contribution in [1.82, 2.24) is 9.78 Å². The van der Waals surface area contributed by atoms with Crippen LogP contribution in [-0.2, 0) is 13.5 Å². The van der Waals surface area contributed by atoms with E-state index in [9.17, 15) is 0 Å². The van der Waals surface area contributed by atoms with Crippen LogP contribution in [-0.4, -0.2) is 9.78 Å². The third-order valence-electron chi connectivity index (χ3n) is 2.69. The van der Waals surface area contributed by atoms with Crippen molar-refractivity contribution in [3.63, 3.8) is 0 Å². The van der Waals surface area contributed by atoms with Gasteiger partial charge in [-0.25, -0.2) is 0 Å². The Morgan fingerprint density at radius 1 is 1.47 bits per heavy atom. The summed E-state index contributed by atoms with van der Waals surface area (Å²) < 4.78 is 2.79. The lowest BCUT2D eigenvalue weighted by atomic mass is 10.0. The van der Waals surface area contributed by atoms with Crippen molar-refractivity contribution in [2.24, 2.45) is 12.8 Å². The summed E-state index contributed by atoms with van der Waals surface area (Å²) in [6.45, 7) is 0. The molecular weight excluding hydrogens is 302 g/mol. The Labute approximate surface area is 114 Å². The lowest BCUT2D eigenvalue weighted by Gasteiger charge is -2.13. The van der Waals surface area contributed by atoms with Crippen LogP contribution in [0.3, 0.4) is 0 Å². The summed E-state index contributed by atoms with van der Waals surface area (Å²) in [5.41, 5.74) is 8.20. The third-order valence-corrected chi connectivity index (χ3v) is 3.75. The zero-order valence-corrected chi connectivity index (χ0v) is 11.7. The van der Waals surface area contributed by atoms with E-state index in [4.69, 9.17) is 17.3 Å². The normalized spacial score (nSPS) is 12.7. The van der Waals surface area contributed by atoms with Crippen LogP contribution < -0.4 is 5.73 Å². The summed E-state index contributed by atoms with van der Waals surface area (Å²) in [7, 11) is 1.85. The van der Waals surface area contributed by atoms with Crippen LogP contribution in [0.2, 0.25) is 5.02 Å². The maximum absolute atomic E-state index is 6.18. The predicted octanol–water partition coefficient (Wildman–Crippen LogP) is 3.08. The van der Waals surface area contributed by atoms with Gasteiger partial charge in [0, 0.05) is 11.5 Å². The molecule has 0 aliphatic rings. The lowest BCUT2D eigenvalue weighted by molar-refractivity contribution is 0.616. The molecule has 1 atom stereocenters. The van der Waals surface area contributed by atoms with E-state index in [1.807, 2.05) is 31.3 Å². The molecule has 90 valence electrons. The standard InChI is InChI=1S/C12H13BrClN3/c1-17-12(10(14)7-16-17)11(15)6-8-4-2-3-5-9(8)13/h2-5,7,11H,6,15H2,1H3. The third kappa shape index (κ3) is 2.70. The molecule has 1 unspecified atom stereocenters. The number of aromatic nitrogens is 2. The molecule has 1 aromatic heterocycles. The molecule has 2 N–H and O–H groups in total. The van der Waals surface area contributed by atoms with Crippen LogP contribution in [0, 0.1) is 0 Å². The second-order valence-electron chi connectivity index (χ2n) is 3.90. The average Bonchev–Trinajstić information content (AvgIpc) is 2.62. The van der Waals surface area contributed by atoms with Crippen molar-refractivity contribution in [3.8, 4) is 0 Å². The molecule has 0 saturated carbocycles. The van der Waals surface area contributed by atoms with E-state index in [1.165, 1.54) is 0 Å². The molecule has 17 heavy (non-hydrogen) atoms. The Morgan fingerprint density at radius 2 is 2.18 bits per heavy atom. The smallest absolute Gasteiger partial charge is 0.0834 e. The van der Waals surface area contributed by atoms with Gasteiger partial charge in [-0.05, 0) is 18.1 Å². The van der Waals surface area contributed by atoms with Gasteiger partial charge in [0.15, 0.2) is 0 Å². The number of nitrogens with zero attached hydrogens (tertiary/aromatic N) is 2. The van der Waals surface area contributed by atoms with Crippen LogP contribution in [0.5, 0.6) is 0 Å². The molecule has 0 amide bonds. The van der Waals surface area contributed by atoms with Gasteiger partial charge in [-0.15, -0.1) is 0 Å². The molecule has 0 radical (unpaired) electrons. The first-order valence-corrected chi connectivity index (χ1v) is 6.43. The van der Waals surface area contributed by atoms with Crippen molar-refractivity contribution >= 4 is 27.5 Å². The lowest BCUT2D eigenvalue weighted by Crippen LogP contribution is -2.17. The number of benzene rings is 1. The van der Waals surface area contributed by atoms with Crippen LogP contribution in [0.15, 0.2) is 34.9 Å². The van der Waals surface area contributed by atoms with Gasteiger partial charge in [0.25, 0.3) is 0 Å². The molecule has 5 heteroatoms. The highest BCUT2D eigenvalue weighted by atomic mass is 79.9.